The van der Waals surface area contributed by atoms with Gasteiger partial charge in [-0.3, -0.25) is 9.69 Å². The Balaban J connectivity index is 1.46. The van der Waals surface area contributed by atoms with Crippen molar-refractivity contribution in [3.63, 3.8) is 0 Å². The van der Waals surface area contributed by atoms with Gasteiger partial charge in [-0.2, -0.15) is 0 Å². The number of fused-ring (bicyclic) bond motifs is 2. The van der Waals surface area contributed by atoms with Gasteiger partial charge >= 0.3 is 0 Å². The number of likely N-dealkylation sites (tertiary alicyclic amines) is 2. The van der Waals surface area contributed by atoms with Crippen molar-refractivity contribution in [2.24, 2.45) is 0 Å². The maximum Gasteiger partial charge on any atom is 0.239 e. The third-order valence-electron chi connectivity index (χ3n) is 6.45. The monoisotopic (exact) mass is 370 g/mol. The minimum atomic E-state index is -0.243. The lowest BCUT2D eigenvalue weighted by Gasteiger charge is -2.45. The van der Waals surface area contributed by atoms with Crippen LogP contribution >= 0.6 is 0 Å². The fourth-order valence-electron chi connectivity index (χ4n) is 4.99. The first-order chi connectivity index (χ1) is 13.2. The number of piperidine rings is 1. The van der Waals surface area contributed by atoms with Gasteiger partial charge in [-0.25, -0.2) is 0 Å². The Hall–Kier alpha value is -1.85. The molecule has 1 aromatic rings. The molecule has 5 nitrogen and oxygen atoms in total. The fourth-order valence-corrected chi connectivity index (χ4v) is 4.99. The van der Waals surface area contributed by atoms with E-state index in [0.29, 0.717) is 0 Å². The number of ether oxygens (including phenoxy) is 2. The van der Waals surface area contributed by atoms with Crippen LogP contribution in [0.5, 0.6) is 5.75 Å². The quantitative estimate of drug-likeness (QED) is 0.765. The zero-order chi connectivity index (χ0) is 18.9. The number of carbonyl (C=O) groups is 1. The van der Waals surface area contributed by atoms with Crippen molar-refractivity contribution in [1.82, 2.24) is 9.80 Å². The summed E-state index contributed by atoms with van der Waals surface area (Å²) < 4.78 is 11.7. The third-order valence-corrected chi connectivity index (χ3v) is 6.45. The Morgan fingerprint density at radius 3 is 2.93 bits per heavy atom. The second kappa shape index (κ2) is 7.64. The van der Waals surface area contributed by atoms with Crippen molar-refractivity contribution in [1.29, 1.82) is 0 Å². The molecule has 1 aromatic carbocycles. The van der Waals surface area contributed by atoms with E-state index in [0.717, 1.165) is 70.6 Å². The van der Waals surface area contributed by atoms with E-state index in [1.165, 1.54) is 11.1 Å². The van der Waals surface area contributed by atoms with Gasteiger partial charge in [-0.05, 0) is 61.9 Å². The highest BCUT2D eigenvalue weighted by atomic mass is 16.5. The van der Waals surface area contributed by atoms with Gasteiger partial charge in [-0.1, -0.05) is 12.1 Å². The molecule has 0 radical (unpaired) electrons. The topological polar surface area (TPSA) is 42.0 Å². The molecule has 2 fully saturated rings. The van der Waals surface area contributed by atoms with Crippen LogP contribution in [0.25, 0.3) is 0 Å². The van der Waals surface area contributed by atoms with E-state index in [1.807, 2.05) is 12.1 Å². The van der Waals surface area contributed by atoms with E-state index in [9.17, 15) is 4.79 Å². The van der Waals surface area contributed by atoms with Gasteiger partial charge in [0, 0.05) is 19.6 Å². The minimum absolute atomic E-state index is 0.0286. The summed E-state index contributed by atoms with van der Waals surface area (Å²) in [5.41, 5.74) is 2.37. The average molecular weight is 370 g/mol. The summed E-state index contributed by atoms with van der Waals surface area (Å²) in [4.78, 5) is 17.4. The van der Waals surface area contributed by atoms with E-state index >= 15 is 0 Å². The molecule has 0 saturated carbocycles. The first-order valence-electron chi connectivity index (χ1n) is 10.1. The maximum absolute atomic E-state index is 13.1. The van der Waals surface area contributed by atoms with Gasteiger partial charge in [0.25, 0.3) is 0 Å². The summed E-state index contributed by atoms with van der Waals surface area (Å²) >= 11 is 0. The number of hydrogen-bond acceptors (Lipinski definition) is 4. The molecule has 0 bridgehead atoms. The van der Waals surface area contributed by atoms with Crippen LogP contribution in [-0.2, 0) is 21.6 Å². The van der Waals surface area contributed by atoms with Crippen LogP contribution in [0.2, 0.25) is 0 Å². The molecule has 1 atom stereocenters. The van der Waals surface area contributed by atoms with Gasteiger partial charge in [0.1, 0.15) is 5.75 Å². The van der Waals surface area contributed by atoms with Crippen LogP contribution in [0.3, 0.4) is 0 Å². The van der Waals surface area contributed by atoms with E-state index in [-0.39, 0.29) is 17.6 Å². The molecule has 2 saturated heterocycles. The van der Waals surface area contributed by atoms with Crippen LogP contribution in [0, 0.1) is 0 Å². The van der Waals surface area contributed by atoms with Crippen LogP contribution in [-0.4, -0.2) is 61.6 Å². The number of carbonyl (C=O) groups excluding carboxylic acids is 1. The van der Waals surface area contributed by atoms with Crippen LogP contribution in [0.4, 0.5) is 0 Å². The van der Waals surface area contributed by atoms with E-state index in [4.69, 9.17) is 9.47 Å². The molecule has 5 heteroatoms. The lowest BCUT2D eigenvalue weighted by Crippen LogP contribution is -2.52. The molecule has 4 rings (SSSR count). The highest BCUT2D eigenvalue weighted by molar-refractivity contribution is 5.82. The molecule has 1 amide bonds. The summed E-state index contributed by atoms with van der Waals surface area (Å²) in [6.45, 7) is 7.90. The third kappa shape index (κ3) is 3.39. The van der Waals surface area contributed by atoms with Crippen molar-refractivity contribution in [2.45, 2.75) is 43.7 Å². The fraction of sp³-hybridized carbons (Fsp3) is 0.591. The van der Waals surface area contributed by atoms with Crippen LogP contribution < -0.4 is 4.74 Å². The molecule has 0 aromatic heterocycles. The van der Waals surface area contributed by atoms with Crippen molar-refractivity contribution < 1.29 is 14.3 Å². The molecule has 3 aliphatic rings. The van der Waals surface area contributed by atoms with Crippen molar-refractivity contribution in [3.05, 3.63) is 42.0 Å². The standard InChI is InChI=1S/C22H30N2O3/c1-3-11-23-12-4-5-20(23)21(25)24-13-9-22(10-14-24)19-7-6-18(26-2)16-17(19)8-15-27-22/h3,6-7,16,20H,1,4-5,8-15H2,2H3/t20-/m0/s1. The van der Waals surface area contributed by atoms with E-state index in [2.05, 4.69) is 28.5 Å². The van der Waals surface area contributed by atoms with Gasteiger partial charge in [0.15, 0.2) is 0 Å². The molecule has 0 N–H and O–H groups in total. The highest BCUT2D eigenvalue weighted by Crippen LogP contribution is 2.42. The van der Waals surface area contributed by atoms with Gasteiger partial charge in [0.05, 0.1) is 25.4 Å². The van der Waals surface area contributed by atoms with Gasteiger partial charge < -0.3 is 14.4 Å². The molecule has 1 spiro atoms. The highest BCUT2D eigenvalue weighted by Gasteiger charge is 2.43. The molecule has 3 heterocycles. The predicted octanol–water partition coefficient (Wildman–Crippen LogP) is 2.74. The average Bonchev–Trinajstić information content (AvgIpc) is 3.16. The molecular formula is C22H30N2O3. The molecule has 146 valence electrons. The Morgan fingerprint density at radius 1 is 1.37 bits per heavy atom. The minimum Gasteiger partial charge on any atom is -0.497 e. The van der Waals surface area contributed by atoms with Crippen molar-refractivity contribution in [3.8, 4) is 5.75 Å². The maximum atomic E-state index is 13.1. The number of rotatable bonds is 4. The number of nitrogens with zero attached hydrogens (tertiary/aromatic N) is 2. The van der Waals surface area contributed by atoms with Gasteiger partial charge in [0.2, 0.25) is 5.91 Å². The lowest BCUT2D eigenvalue weighted by molar-refractivity contribution is -0.145. The Labute approximate surface area is 161 Å². The number of benzene rings is 1. The zero-order valence-corrected chi connectivity index (χ0v) is 16.3. The Bertz CT molecular complexity index is 710. The molecular weight excluding hydrogens is 340 g/mol. The van der Waals surface area contributed by atoms with Crippen LogP contribution in [0.15, 0.2) is 30.9 Å². The van der Waals surface area contributed by atoms with E-state index < -0.39 is 0 Å². The second-order valence-electron chi connectivity index (χ2n) is 7.88. The molecule has 0 aliphatic carbocycles. The van der Waals surface area contributed by atoms with Crippen molar-refractivity contribution >= 4 is 5.91 Å². The molecule has 27 heavy (non-hydrogen) atoms. The number of amides is 1. The Morgan fingerprint density at radius 2 is 2.19 bits per heavy atom. The predicted molar refractivity (Wildman–Crippen MR) is 105 cm³/mol. The van der Waals surface area contributed by atoms with Gasteiger partial charge in [-0.15, -0.1) is 6.58 Å². The second-order valence-corrected chi connectivity index (χ2v) is 7.88. The first kappa shape index (κ1) is 18.5. The van der Waals surface area contributed by atoms with E-state index in [1.54, 1.807) is 7.11 Å². The number of hydrogen-bond donors (Lipinski definition) is 0. The molecule has 0 unspecified atom stereocenters. The summed E-state index contributed by atoms with van der Waals surface area (Å²) in [5, 5.41) is 0. The first-order valence-corrected chi connectivity index (χ1v) is 10.1. The normalized spacial score (nSPS) is 24.6. The largest absolute Gasteiger partial charge is 0.497 e. The van der Waals surface area contributed by atoms with Crippen LogP contribution in [0.1, 0.15) is 36.8 Å². The lowest BCUT2D eigenvalue weighted by atomic mass is 9.79. The summed E-state index contributed by atoms with van der Waals surface area (Å²) in [6, 6.07) is 6.36. The summed E-state index contributed by atoms with van der Waals surface area (Å²) in [6.07, 6.45) is 6.62. The smallest absolute Gasteiger partial charge is 0.239 e. The zero-order valence-electron chi connectivity index (χ0n) is 16.3. The Kier molecular flexibility index (Phi) is 5.24. The number of methoxy groups -OCH3 is 1. The summed E-state index contributed by atoms with van der Waals surface area (Å²) in [7, 11) is 1.71. The SMILES string of the molecule is C=CCN1CCC[C@H]1C(=O)N1CCC2(CC1)OCCc1cc(OC)ccc12. The van der Waals surface area contributed by atoms with Crippen molar-refractivity contribution in [2.75, 3.05) is 39.9 Å². The summed E-state index contributed by atoms with van der Waals surface area (Å²) in [5.74, 6) is 1.19. The molecule has 3 aliphatic heterocycles.